The van der Waals surface area contributed by atoms with Crippen molar-refractivity contribution in [1.82, 2.24) is 9.80 Å². The molecule has 1 aromatic carbocycles. The van der Waals surface area contributed by atoms with Gasteiger partial charge in [-0.1, -0.05) is 30.3 Å². The normalized spacial score (nSPS) is 18.0. The number of benzene rings is 1. The van der Waals surface area contributed by atoms with E-state index in [-0.39, 0.29) is 0 Å². The fourth-order valence-corrected chi connectivity index (χ4v) is 3.03. The molecule has 2 rings (SSSR count). The van der Waals surface area contributed by atoms with E-state index in [1.54, 1.807) is 0 Å². The average Bonchev–Trinajstić information content (AvgIpc) is 2.45. The third-order valence-corrected chi connectivity index (χ3v) is 4.11. The molecule has 1 heterocycles. The Morgan fingerprint density at radius 1 is 0.952 bits per heavy atom. The minimum atomic E-state index is -0.572. The molecule has 0 unspecified atom stereocenters. The van der Waals surface area contributed by atoms with Gasteiger partial charge in [0.25, 0.3) is 0 Å². The lowest BCUT2D eigenvalue weighted by Gasteiger charge is -2.37. The van der Waals surface area contributed by atoms with Gasteiger partial charge in [0.05, 0.1) is 5.60 Å². The Morgan fingerprint density at radius 2 is 1.57 bits per heavy atom. The van der Waals surface area contributed by atoms with Crippen molar-refractivity contribution in [1.29, 1.82) is 0 Å². The maximum Gasteiger partial charge on any atom is 0.0718 e. The fraction of sp³-hybridized carbons (Fsp3) is 0.667. The molecule has 118 valence electrons. The van der Waals surface area contributed by atoms with E-state index in [2.05, 4.69) is 40.1 Å². The summed E-state index contributed by atoms with van der Waals surface area (Å²) in [7, 11) is 0. The number of unbranched alkanes of at least 4 members (excludes halogenated alkanes) is 1. The molecule has 1 aliphatic heterocycles. The summed E-state index contributed by atoms with van der Waals surface area (Å²) in [5, 5.41) is 9.86. The third-order valence-electron chi connectivity index (χ3n) is 4.11. The summed E-state index contributed by atoms with van der Waals surface area (Å²) >= 11 is 0. The molecule has 0 bridgehead atoms. The van der Waals surface area contributed by atoms with E-state index in [0.717, 1.165) is 32.7 Å². The van der Waals surface area contributed by atoms with Crippen LogP contribution in [-0.2, 0) is 6.42 Å². The molecule has 0 spiro atoms. The van der Waals surface area contributed by atoms with Gasteiger partial charge in [-0.25, -0.2) is 0 Å². The van der Waals surface area contributed by atoms with E-state index < -0.39 is 5.60 Å². The van der Waals surface area contributed by atoms with Gasteiger partial charge in [0, 0.05) is 32.7 Å². The molecule has 0 radical (unpaired) electrons. The van der Waals surface area contributed by atoms with E-state index in [1.165, 1.54) is 31.4 Å². The molecule has 3 heteroatoms. The first-order valence-electron chi connectivity index (χ1n) is 8.24. The van der Waals surface area contributed by atoms with Crippen LogP contribution >= 0.6 is 0 Å². The Hall–Kier alpha value is -0.900. The van der Waals surface area contributed by atoms with E-state index in [0.29, 0.717) is 0 Å². The highest BCUT2D eigenvalue weighted by Crippen LogP contribution is 2.10. The number of piperazine rings is 1. The highest BCUT2D eigenvalue weighted by Gasteiger charge is 2.22. The van der Waals surface area contributed by atoms with Crippen LogP contribution < -0.4 is 0 Å². The van der Waals surface area contributed by atoms with Crippen LogP contribution in [0.1, 0.15) is 32.3 Å². The van der Waals surface area contributed by atoms with Gasteiger partial charge in [0.1, 0.15) is 0 Å². The lowest BCUT2D eigenvalue weighted by Crippen LogP contribution is -2.50. The van der Waals surface area contributed by atoms with Crippen molar-refractivity contribution in [3.05, 3.63) is 35.9 Å². The van der Waals surface area contributed by atoms with Gasteiger partial charge in [0.2, 0.25) is 0 Å². The highest BCUT2D eigenvalue weighted by molar-refractivity contribution is 5.14. The monoisotopic (exact) mass is 290 g/mol. The SMILES string of the molecule is CC(C)(O)CN1CCN(CCCCc2ccccc2)CC1. The van der Waals surface area contributed by atoms with Crippen molar-refractivity contribution in [3.63, 3.8) is 0 Å². The molecule has 0 aliphatic carbocycles. The topological polar surface area (TPSA) is 26.7 Å². The summed E-state index contributed by atoms with van der Waals surface area (Å²) in [5.74, 6) is 0. The summed E-state index contributed by atoms with van der Waals surface area (Å²) in [5.41, 5.74) is 0.880. The lowest BCUT2D eigenvalue weighted by atomic mass is 10.1. The summed E-state index contributed by atoms with van der Waals surface area (Å²) in [4.78, 5) is 4.94. The molecule has 0 amide bonds. The van der Waals surface area contributed by atoms with Gasteiger partial charge in [-0.05, 0) is 45.2 Å². The minimum absolute atomic E-state index is 0.572. The number of β-amino-alcohol motifs (C(OH)–C–C–N with tert-alkyl or cyclic N) is 1. The first-order chi connectivity index (χ1) is 10.0. The van der Waals surface area contributed by atoms with Crippen molar-refractivity contribution >= 4 is 0 Å². The summed E-state index contributed by atoms with van der Waals surface area (Å²) < 4.78 is 0. The number of rotatable bonds is 7. The third kappa shape index (κ3) is 6.60. The molecule has 21 heavy (non-hydrogen) atoms. The zero-order chi connectivity index (χ0) is 15.1. The van der Waals surface area contributed by atoms with Crippen LogP contribution in [0.25, 0.3) is 0 Å². The van der Waals surface area contributed by atoms with Crippen molar-refractivity contribution in [2.24, 2.45) is 0 Å². The second-order valence-corrected chi connectivity index (χ2v) is 6.87. The van der Waals surface area contributed by atoms with Gasteiger partial charge < -0.3 is 10.0 Å². The second kappa shape index (κ2) is 7.92. The van der Waals surface area contributed by atoms with Crippen LogP contribution in [0.5, 0.6) is 0 Å². The quantitative estimate of drug-likeness (QED) is 0.781. The van der Waals surface area contributed by atoms with Crippen molar-refractivity contribution in [2.45, 2.75) is 38.7 Å². The number of aliphatic hydroxyl groups is 1. The predicted molar refractivity (Wildman–Crippen MR) is 88.6 cm³/mol. The highest BCUT2D eigenvalue weighted by atomic mass is 16.3. The van der Waals surface area contributed by atoms with E-state index in [1.807, 2.05) is 13.8 Å². The maximum absolute atomic E-state index is 9.86. The maximum atomic E-state index is 9.86. The van der Waals surface area contributed by atoms with Crippen LogP contribution in [0.15, 0.2) is 30.3 Å². The molecule has 1 aromatic rings. The van der Waals surface area contributed by atoms with Crippen LogP contribution in [-0.4, -0.2) is 59.8 Å². The second-order valence-electron chi connectivity index (χ2n) is 6.87. The van der Waals surface area contributed by atoms with Gasteiger partial charge in [0.15, 0.2) is 0 Å². The van der Waals surface area contributed by atoms with Crippen LogP contribution in [0.3, 0.4) is 0 Å². The van der Waals surface area contributed by atoms with Gasteiger partial charge in [-0.3, -0.25) is 4.90 Å². The molecule has 1 saturated heterocycles. The van der Waals surface area contributed by atoms with Crippen LogP contribution in [0.4, 0.5) is 0 Å². The first-order valence-corrected chi connectivity index (χ1v) is 8.24. The molecular formula is C18H30N2O. The number of hydrogen-bond acceptors (Lipinski definition) is 3. The number of hydrogen-bond donors (Lipinski definition) is 1. The van der Waals surface area contributed by atoms with Crippen molar-refractivity contribution in [2.75, 3.05) is 39.3 Å². The molecule has 0 aromatic heterocycles. The molecule has 1 N–H and O–H groups in total. The standard InChI is InChI=1S/C18H30N2O/c1-18(2,21)16-20-14-12-19(13-15-20)11-7-6-10-17-8-4-3-5-9-17/h3-5,8-9,21H,6-7,10-16H2,1-2H3. The summed E-state index contributed by atoms with van der Waals surface area (Å²) in [6.07, 6.45) is 3.74. The minimum Gasteiger partial charge on any atom is -0.389 e. The number of nitrogens with zero attached hydrogens (tertiary/aromatic N) is 2. The molecular weight excluding hydrogens is 260 g/mol. The zero-order valence-electron chi connectivity index (χ0n) is 13.6. The van der Waals surface area contributed by atoms with Crippen molar-refractivity contribution in [3.8, 4) is 0 Å². The zero-order valence-corrected chi connectivity index (χ0v) is 13.6. The smallest absolute Gasteiger partial charge is 0.0718 e. The first kappa shape index (κ1) is 16.5. The lowest BCUT2D eigenvalue weighted by molar-refractivity contribution is 0.0176. The molecule has 0 saturated carbocycles. The Kier molecular flexibility index (Phi) is 6.22. The van der Waals surface area contributed by atoms with Crippen LogP contribution in [0.2, 0.25) is 0 Å². The van der Waals surface area contributed by atoms with E-state index in [4.69, 9.17) is 0 Å². The van der Waals surface area contributed by atoms with Crippen molar-refractivity contribution < 1.29 is 5.11 Å². The molecule has 1 fully saturated rings. The van der Waals surface area contributed by atoms with Gasteiger partial charge >= 0.3 is 0 Å². The van der Waals surface area contributed by atoms with E-state index in [9.17, 15) is 5.11 Å². The Balaban J connectivity index is 1.57. The fourth-order valence-electron chi connectivity index (χ4n) is 3.03. The summed E-state index contributed by atoms with van der Waals surface area (Å²) in [6.45, 7) is 10.2. The van der Waals surface area contributed by atoms with Crippen LogP contribution in [0, 0.1) is 0 Å². The molecule has 1 aliphatic rings. The Labute approximate surface area is 129 Å². The largest absolute Gasteiger partial charge is 0.389 e. The number of aryl methyl sites for hydroxylation is 1. The summed E-state index contributed by atoms with van der Waals surface area (Å²) in [6, 6.07) is 10.8. The Bertz CT molecular complexity index is 391. The van der Waals surface area contributed by atoms with E-state index >= 15 is 0 Å². The molecule has 0 atom stereocenters. The Morgan fingerprint density at radius 3 is 2.19 bits per heavy atom. The van der Waals surface area contributed by atoms with Gasteiger partial charge in [-0.15, -0.1) is 0 Å². The molecule has 3 nitrogen and oxygen atoms in total. The van der Waals surface area contributed by atoms with Gasteiger partial charge in [-0.2, -0.15) is 0 Å². The average molecular weight is 290 g/mol. The predicted octanol–water partition coefficient (Wildman–Crippen LogP) is 2.40.